The highest BCUT2D eigenvalue weighted by Crippen LogP contribution is 2.33. The summed E-state index contributed by atoms with van der Waals surface area (Å²) in [4.78, 5) is 15.7. The van der Waals surface area contributed by atoms with Crippen LogP contribution in [0.5, 0.6) is 0 Å². The first-order valence-corrected chi connectivity index (χ1v) is 9.66. The van der Waals surface area contributed by atoms with Crippen LogP contribution in [-0.4, -0.2) is 51.3 Å². The van der Waals surface area contributed by atoms with Gasteiger partial charge >= 0.3 is 0 Å². The monoisotopic (exact) mass is 375 g/mol. The molecule has 2 rings (SSSR count). The first-order chi connectivity index (χ1) is 11.6. The van der Waals surface area contributed by atoms with Gasteiger partial charge in [0.1, 0.15) is 0 Å². The van der Waals surface area contributed by atoms with Crippen LogP contribution in [-0.2, 0) is 21.2 Å². The zero-order valence-corrected chi connectivity index (χ0v) is 15.1. The number of rotatable bonds is 7. The summed E-state index contributed by atoms with van der Waals surface area (Å²) in [6.07, 6.45) is -1.34. The summed E-state index contributed by atoms with van der Waals surface area (Å²) in [7, 11) is -3.81. The number of sulfonamides is 1. The van der Waals surface area contributed by atoms with E-state index in [1.165, 1.54) is 17.0 Å². The van der Waals surface area contributed by atoms with Crippen LogP contribution in [0, 0.1) is 0 Å². The summed E-state index contributed by atoms with van der Waals surface area (Å²) in [6, 6.07) is 4.20. The van der Waals surface area contributed by atoms with Crippen LogP contribution in [0.1, 0.15) is 25.8 Å². The Hall–Kier alpha value is -1.58. The molecule has 25 heavy (non-hydrogen) atoms. The number of nitrogens with two attached hydrogens (primary N) is 1. The third-order valence-electron chi connectivity index (χ3n) is 4.16. The maximum atomic E-state index is 12.7. The van der Waals surface area contributed by atoms with Gasteiger partial charge in [-0.05, 0) is 50.1 Å². The number of carbonyl (C=O) groups is 1. The Bertz CT molecular complexity index is 740. The van der Waals surface area contributed by atoms with E-state index < -0.39 is 23.0 Å². The minimum Gasteiger partial charge on any atom is -0.308 e. The molecule has 0 bridgehead atoms. The number of amides is 1. The van der Waals surface area contributed by atoms with E-state index in [4.69, 9.17) is 5.14 Å². The van der Waals surface area contributed by atoms with Gasteiger partial charge in [0, 0.05) is 11.7 Å². The van der Waals surface area contributed by atoms with Crippen LogP contribution >= 0.6 is 0 Å². The molecule has 0 radical (unpaired) electrons. The Morgan fingerprint density at radius 2 is 2.12 bits per heavy atom. The van der Waals surface area contributed by atoms with E-state index in [0.29, 0.717) is 30.6 Å². The summed E-state index contributed by atoms with van der Waals surface area (Å²) >= 11 is 0. The Kier molecular flexibility index (Phi) is 6.12. The molecule has 6 nitrogen and oxygen atoms in total. The molecule has 1 amide bonds. The van der Waals surface area contributed by atoms with Gasteiger partial charge in [-0.3, -0.25) is 9.69 Å². The molecule has 0 unspecified atom stereocenters. The molecule has 9 heteroatoms. The van der Waals surface area contributed by atoms with Crippen molar-refractivity contribution in [3.63, 3.8) is 0 Å². The number of anilines is 1. The van der Waals surface area contributed by atoms with Gasteiger partial charge < -0.3 is 4.90 Å². The van der Waals surface area contributed by atoms with Crippen LogP contribution in [0.4, 0.5) is 14.5 Å². The quantitative estimate of drug-likeness (QED) is 0.784. The number of benzene rings is 1. The maximum Gasteiger partial charge on any atom is 0.251 e. The van der Waals surface area contributed by atoms with Crippen LogP contribution in [0.25, 0.3) is 0 Å². The van der Waals surface area contributed by atoms with Gasteiger partial charge in [0.05, 0.1) is 18.0 Å². The topological polar surface area (TPSA) is 83.7 Å². The molecule has 0 aliphatic carbocycles. The first-order valence-electron chi connectivity index (χ1n) is 8.11. The van der Waals surface area contributed by atoms with Crippen molar-refractivity contribution in [1.29, 1.82) is 0 Å². The maximum absolute atomic E-state index is 12.7. The number of carbonyl (C=O) groups excluding carboxylic acids is 1. The SMILES string of the molecule is CCCN(CC(=O)N1c2ccc(S(N)(=O)=O)cc2C[C@@H]1C)CC(F)F. The normalized spacial score (nSPS) is 17.4. The Labute approximate surface area is 146 Å². The van der Waals surface area contributed by atoms with Gasteiger partial charge in [0.15, 0.2) is 0 Å². The fourth-order valence-electron chi connectivity index (χ4n) is 3.18. The smallest absolute Gasteiger partial charge is 0.251 e. The van der Waals surface area contributed by atoms with Gasteiger partial charge in [-0.2, -0.15) is 0 Å². The fraction of sp³-hybridized carbons (Fsp3) is 0.562. The lowest BCUT2D eigenvalue weighted by atomic mass is 10.1. The van der Waals surface area contributed by atoms with Crippen molar-refractivity contribution in [3.8, 4) is 0 Å². The van der Waals surface area contributed by atoms with Gasteiger partial charge in [-0.25, -0.2) is 22.3 Å². The number of hydrogen-bond donors (Lipinski definition) is 1. The second-order valence-corrected chi connectivity index (χ2v) is 7.84. The third kappa shape index (κ3) is 4.74. The Morgan fingerprint density at radius 1 is 1.44 bits per heavy atom. The summed E-state index contributed by atoms with van der Waals surface area (Å²) in [5, 5.41) is 5.14. The Morgan fingerprint density at radius 3 is 2.68 bits per heavy atom. The number of fused-ring (bicyclic) bond motifs is 1. The lowest BCUT2D eigenvalue weighted by Crippen LogP contribution is -2.44. The van der Waals surface area contributed by atoms with E-state index in [1.807, 2.05) is 13.8 Å². The zero-order chi connectivity index (χ0) is 18.8. The highest BCUT2D eigenvalue weighted by molar-refractivity contribution is 7.89. The Balaban J connectivity index is 2.22. The molecule has 0 aromatic heterocycles. The average Bonchev–Trinajstić information content (AvgIpc) is 2.80. The molecule has 1 heterocycles. The summed E-state index contributed by atoms with van der Waals surface area (Å²) < 4.78 is 48.3. The molecular formula is C16H23F2N3O3S. The molecule has 1 aliphatic rings. The molecule has 1 aromatic rings. The number of primary sulfonamides is 1. The van der Waals surface area contributed by atoms with Gasteiger partial charge in [-0.1, -0.05) is 6.92 Å². The average molecular weight is 375 g/mol. The van der Waals surface area contributed by atoms with Crippen LogP contribution in [0.3, 0.4) is 0 Å². The van der Waals surface area contributed by atoms with Gasteiger partial charge in [0.25, 0.3) is 6.43 Å². The fourth-order valence-corrected chi connectivity index (χ4v) is 3.74. The number of halogens is 2. The molecule has 0 spiro atoms. The molecule has 1 aliphatic heterocycles. The van der Waals surface area contributed by atoms with E-state index >= 15 is 0 Å². The number of hydrogen-bond acceptors (Lipinski definition) is 4. The molecule has 1 atom stereocenters. The van der Waals surface area contributed by atoms with Crippen molar-refractivity contribution in [1.82, 2.24) is 4.90 Å². The van der Waals surface area contributed by atoms with Gasteiger partial charge in [-0.15, -0.1) is 0 Å². The van der Waals surface area contributed by atoms with Gasteiger partial charge in [0.2, 0.25) is 15.9 Å². The van der Waals surface area contributed by atoms with Crippen molar-refractivity contribution in [2.75, 3.05) is 24.5 Å². The lowest BCUT2D eigenvalue weighted by Gasteiger charge is -2.27. The lowest BCUT2D eigenvalue weighted by molar-refractivity contribution is -0.120. The van der Waals surface area contributed by atoms with Crippen molar-refractivity contribution in [2.45, 2.75) is 44.1 Å². The third-order valence-corrected chi connectivity index (χ3v) is 5.07. The minimum absolute atomic E-state index is 0.00180. The van der Waals surface area contributed by atoms with Crippen LogP contribution in [0.15, 0.2) is 23.1 Å². The van der Waals surface area contributed by atoms with Crippen LogP contribution in [0.2, 0.25) is 0 Å². The molecule has 140 valence electrons. The number of nitrogens with zero attached hydrogens (tertiary/aromatic N) is 2. The van der Waals surface area contributed by atoms with Crippen molar-refractivity contribution >= 4 is 21.6 Å². The molecule has 1 aromatic carbocycles. The molecule has 0 saturated carbocycles. The van der Waals surface area contributed by atoms with E-state index in [-0.39, 0.29) is 23.4 Å². The standard InChI is InChI=1S/C16H23F2N3O3S/c1-3-6-20(9-15(17)18)10-16(22)21-11(2)7-12-8-13(25(19,23)24)4-5-14(12)21/h4-5,8,11,15H,3,6-7,9-10H2,1-2H3,(H2,19,23,24)/t11-/m0/s1. The van der Waals surface area contributed by atoms with Crippen molar-refractivity contribution in [2.24, 2.45) is 5.14 Å². The van der Waals surface area contributed by atoms with Crippen molar-refractivity contribution in [3.05, 3.63) is 23.8 Å². The predicted molar refractivity (Wildman–Crippen MR) is 91.2 cm³/mol. The zero-order valence-electron chi connectivity index (χ0n) is 14.3. The van der Waals surface area contributed by atoms with E-state index in [1.54, 1.807) is 11.0 Å². The molecular weight excluding hydrogens is 352 g/mol. The predicted octanol–water partition coefficient (Wildman–Crippen LogP) is 1.59. The largest absolute Gasteiger partial charge is 0.308 e. The summed E-state index contributed by atoms with van der Waals surface area (Å²) in [6.45, 7) is 3.57. The molecule has 2 N–H and O–H groups in total. The van der Waals surface area contributed by atoms with Crippen molar-refractivity contribution < 1.29 is 22.0 Å². The second-order valence-electron chi connectivity index (χ2n) is 6.28. The summed E-state index contributed by atoms with van der Waals surface area (Å²) in [5.74, 6) is -0.274. The molecule has 0 saturated heterocycles. The first kappa shape index (κ1) is 19.7. The minimum atomic E-state index is -3.81. The van der Waals surface area contributed by atoms with E-state index in [0.717, 1.165) is 0 Å². The van der Waals surface area contributed by atoms with E-state index in [9.17, 15) is 22.0 Å². The highest BCUT2D eigenvalue weighted by Gasteiger charge is 2.32. The van der Waals surface area contributed by atoms with Crippen LogP contribution < -0.4 is 10.0 Å². The summed E-state index contributed by atoms with van der Waals surface area (Å²) in [5.41, 5.74) is 1.32. The highest BCUT2D eigenvalue weighted by atomic mass is 32.2. The second kappa shape index (κ2) is 7.76. The molecule has 0 fully saturated rings. The van der Waals surface area contributed by atoms with E-state index in [2.05, 4.69) is 0 Å². The number of alkyl halides is 2.